The predicted molar refractivity (Wildman–Crippen MR) is 104 cm³/mol. The molecule has 7 heteroatoms. The minimum absolute atomic E-state index is 0. The average Bonchev–Trinajstić information content (AvgIpc) is 3.00. The Bertz CT molecular complexity index is 524. The smallest absolute Gasteiger partial charge is 0.251 e. The SMILES string of the molecule is Cl.Cl.O=C(NC[C@@H]1C[C@H](F)CN1)c1ccc(CN2CCCCC2)cc1. The van der Waals surface area contributed by atoms with Crippen molar-refractivity contribution >= 4 is 30.7 Å². The maximum absolute atomic E-state index is 13.1. The highest BCUT2D eigenvalue weighted by Gasteiger charge is 2.23. The molecule has 0 unspecified atom stereocenters. The summed E-state index contributed by atoms with van der Waals surface area (Å²) < 4.78 is 13.1. The Morgan fingerprint density at radius 2 is 1.84 bits per heavy atom. The maximum Gasteiger partial charge on any atom is 0.251 e. The van der Waals surface area contributed by atoms with E-state index in [-0.39, 0.29) is 36.8 Å². The highest BCUT2D eigenvalue weighted by atomic mass is 35.5. The van der Waals surface area contributed by atoms with E-state index in [0.717, 1.165) is 6.54 Å². The predicted octanol–water partition coefficient (Wildman–Crippen LogP) is 2.95. The minimum atomic E-state index is -0.786. The zero-order chi connectivity index (χ0) is 16.1. The summed E-state index contributed by atoms with van der Waals surface area (Å²) in [6.45, 7) is 4.19. The van der Waals surface area contributed by atoms with E-state index in [1.165, 1.54) is 37.9 Å². The van der Waals surface area contributed by atoms with Gasteiger partial charge in [-0.2, -0.15) is 0 Å². The molecule has 0 spiro atoms. The van der Waals surface area contributed by atoms with Crippen LogP contribution < -0.4 is 10.6 Å². The van der Waals surface area contributed by atoms with Crippen LogP contribution >= 0.6 is 24.8 Å². The number of carbonyl (C=O) groups is 1. The van der Waals surface area contributed by atoms with Gasteiger partial charge >= 0.3 is 0 Å². The summed E-state index contributed by atoms with van der Waals surface area (Å²) in [5.74, 6) is -0.0846. The fourth-order valence-corrected chi connectivity index (χ4v) is 3.38. The van der Waals surface area contributed by atoms with Crippen molar-refractivity contribution in [2.75, 3.05) is 26.2 Å². The van der Waals surface area contributed by atoms with Crippen LogP contribution in [0.1, 0.15) is 41.6 Å². The van der Waals surface area contributed by atoms with Crippen molar-refractivity contribution in [2.45, 2.75) is 44.4 Å². The van der Waals surface area contributed by atoms with Crippen molar-refractivity contribution in [1.82, 2.24) is 15.5 Å². The molecular weight excluding hydrogens is 364 g/mol. The number of nitrogens with zero attached hydrogens (tertiary/aromatic N) is 1. The molecule has 2 aliphatic rings. The molecule has 2 heterocycles. The molecule has 0 aromatic heterocycles. The van der Waals surface area contributed by atoms with Crippen molar-refractivity contribution in [3.63, 3.8) is 0 Å². The van der Waals surface area contributed by atoms with Gasteiger partial charge in [0.25, 0.3) is 5.91 Å². The quantitative estimate of drug-likeness (QED) is 0.810. The van der Waals surface area contributed by atoms with Gasteiger partial charge in [0.15, 0.2) is 0 Å². The van der Waals surface area contributed by atoms with E-state index in [1.54, 1.807) is 0 Å². The summed E-state index contributed by atoms with van der Waals surface area (Å²) in [5.41, 5.74) is 1.92. The minimum Gasteiger partial charge on any atom is -0.350 e. The largest absolute Gasteiger partial charge is 0.350 e. The zero-order valence-electron chi connectivity index (χ0n) is 14.4. The molecule has 0 radical (unpaired) electrons. The van der Waals surface area contributed by atoms with Gasteiger partial charge in [0.2, 0.25) is 0 Å². The number of likely N-dealkylation sites (tertiary alicyclic amines) is 1. The second kappa shape index (κ2) is 11.0. The van der Waals surface area contributed by atoms with Crippen LogP contribution in [0.2, 0.25) is 0 Å². The molecule has 25 heavy (non-hydrogen) atoms. The van der Waals surface area contributed by atoms with E-state index in [2.05, 4.69) is 15.5 Å². The number of piperidine rings is 1. The van der Waals surface area contributed by atoms with Gasteiger partial charge in [-0.05, 0) is 50.0 Å². The second-order valence-corrected chi connectivity index (χ2v) is 6.68. The Labute approximate surface area is 161 Å². The van der Waals surface area contributed by atoms with E-state index < -0.39 is 6.17 Å². The number of rotatable bonds is 5. The molecule has 2 N–H and O–H groups in total. The summed E-state index contributed by atoms with van der Waals surface area (Å²) in [7, 11) is 0. The lowest BCUT2D eigenvalue weighted by molar-refractivity contribution is 0.0950. The number of alkyl halides is 1. The fraction of sp³-hybridized carbons (Fsp3) is 0.611. The second-order valence-electron chi connectivity index (χ2n) is 6.68. The molecule has 2 aliphatic heterocycles. The van der Waals surface area contributed by atoms with Gasteiger partial charge in [-0.3, -0.25) is 9.69 Å². The van der Waals surface area contributed by atoms with Crippen molar-refractivity contribution < 1.29 is 9.18 Å². The summed E-state index contributed by atoms with van der Waals surface area (Å²) in [5, 5.41) is 5.96. The summed E-state index contributed by atoms with van der Waals surface area (Å²) in [6, 6.07) is 7.89. The van der Waals surface area contributed by atoms with Gasteiger partial charge in [0.05, 0.1) is 0 Å². The zero-order valence-corrected chi connectivity index (χ0v) is 16.0. The molecule has 0 bridgehead atoms. The van der Waals surface area contributed by atoms with Crippen LogP contribution in [0.5, 0.6) is 0 Å². The number of benzene rings is 1. The standard InChI is InChI=1S/C18H26FN3O.2ClH/c19-16-10-17(20-11-16)12-21-18(23)15-6-4-14(5-7-15)13-22-8-2-1-3-9-22;;/h4-7,16-17,20H,1-3,8-13H2,(H,21,23);2*1H/t16-,17-;;/m0../s1. The highest BCUT2D eigenvalue weighted by molar-refractivity contribution is 5.94. The lowest BCUT2D eigenvalue weighted by Gasteiger charge is -2.26. The fourth-order valence-electron chi connectivity index (χ4n) is 3.38. The maximum atomic E-state index is 13.1. The molecule has 2 saturated heterocycles. The van der Waals surface area contributed by atoms with Crippen molar-refractivity contribution in [3.05, 3.63) is 35.4 Å². The van der Waals surface area contributed by atoms with Crippen molar-refractivity contribution in [3.8, 4) is 0 Å². The monoisotopic (exact) mass is 391 g/mol. The van der Waals surface area contributed by atoms with E-state index in [0.29, 0.717) is 25.1 Å². The van der Waals surface area contributed by atoms with Crippen LogP contribution in [-0.4, -0.2) is 49.2 Å². The Morgan fingerprint density at radius 3 is 2.44 bits per heavy atom. The Morgan fingerprint density at radius 1 is 1.16 bits per heavy atom. The normalized spacial score (nSPS) is 23.4. The summed E-state index contributed by atoms with van der Waals surface area (Å²) >= 11 is 0. The topological polar surface area (TPSA) is 44.4 Å². The first-order chi connectivity index (χ1) is 11.2. The van der Waals surface area contributed by atoms with E-state index in [9.17, 15) is 9.18 Å². The van der Waals surface area contributed by atoms with Gasteiger partial charge < -0.3 is 10.6 Å². The molecule has 1 aromatic rings. The lowest BCUT2D eigenvalue weighted by atomic mass is 10.1. The molecular formula is C18H28Cl2FN3O. The van der Waals surface area contributed by atoms with Crippen LogP contribution in [0.3, 0.4) is 0 Å². The Balaban J connectivity index is 0.00000156. The van der Waals surface area contributed by atoms with Crippen LogP contribution in [0.4, 0.5) is 4.39 Å². The molecule has 2 atom stereocenters. The molecule has 0 aliphatic carbocycles. The number of hydrogen-bond acceptors (Lipinski definition) is 3. The highest BCUT2D eigenvalue weighted by Crippen LogP contribution is 2.14. The summed E-state index contributed by atoms with van der Waals surface area (Å²) in [6.07, 6.45) is 3.61. The molecule has 1 aromatic carbocycles. The van der Waals surface area contributed by atoms with Crippen LogP contribution in [0.15, 0.2) is 24.3 Å². The third-order valence-electron chi connectivity index (χ3n) is 4.75. The number of nitrogens with one attached hydrogen (secondary N) is 2. The van der Waals surface area contributed by atoms with E-state index >= 15 is 0 Å². The van der Waals surface area contributed by atoms with Crippen LogP contribution in [0, 0.1) is 0 Å². The lowest BCUT2D eigenvalue weighted by Crippen LogP contribution is -2.37. The number of carbonyl (C=O) groups excluding carboxylic acids is 1. The first-order valence-corrected chi connectivity index (χ1v) is 8.67. The number of hydrogen-bond donors (Lipinski definition) is 2. The average molecular weight is 392 g/mol. The van der Waals surface area contributed by atoms with Gasteiger partial charge in [-0.1, -0.05) is 18.6 Å². The van der Waals surface area contributed by atoms with Crippen molar-refractivity contribution in [1.29, 1.82) is 0 Å². The third kappa shape index (κ3) is 6.74. The Hall–Kier alpha value is -0.880. The molecule has 1 amide bonds. The van der Waals surface area contributed by atoms with Gasteiger partial charge in [0, 0.05) is 31.2 Å². The molecule has 0 saturated carbocycles. The molecule has 2 fully saturated rings. The number of halogens is 3. The summed E-state index contributed by atoms with van der Waals surface area (Å²) in [4.78, 5) is 14.6. The van der Waals surface area contributed by atoms with E-state index in [4.69, 9.17) is 0 Å². The van der Waals surface area contributed by atoms with Gasteiger partial charge in [0.1, 0.15) is 6.17 Å². The van der Waals surface area contributed by atoms with Gasteiger partial charge in [-0.15, -0.1) is 24.8 Å². The van der Waals surface area contributed by atoms with Gasteiger partial charge in [-0.25, -0.2) is 4.39 Å². The number of amides is 1. The van der Waals surface area contributed by atoms with Crippen molar-refractivity contribution in [2.24, 2.45) is 0 Å². The third-order valence-corrected chi connectivity index (χ3v) is 4.75. The first kappa shape index (κ1) is 22.2. The van der Waals surface area contributed by atoms with E-state index in [1.807, 2.05) is 24.3 Å². The molecule has 4 nitrogen and oxygen atoms in total. The Kier molecular flexibility index (Phi) is 9.72. The van der Waals surface area contributed by atoms with Crippen LogP contribution in [-0.2, 0) is 6.54 Å². The molecule has 142 valence electrons. The first-order valence-electron chi connectivity index (χ1n) is 8.67. The van der Waals surface area contributed by atoms with Crippen LogP contribution in [0.25, 0.3) is 0 Å². The molecule has 3 rings (SSSR count).